The highest BCUT2D eigenvalue weighted by Gasteiger charge is 2.17. The third-order valence-corrected chi connectivity index (χ3v) is 2.98. The third-order valence-electron chi connectivity index (χ3n) is 2.98. The van der Waals surface area contributed by atoms with Gasteiger partial charge in [-0.15, -0.1) is 0 Å². The van der Waals surface area contributed by atoms with Gasteiger partial charge < -0.3 is 10.0 Å². The van der Waals surface area contributed by atoms with Gasteiger partial charge in [-0.1, -0.05) is 6.92 Å². The minimum absolute atomic E-state index is 0.244. The van der Waals surface area contributed by atoms with Crippen LogP contribution in [0.25, 0.3) is 0 Å². The molecule has 0 bridgehead atoms. The lowest BCUT2D eigenvalue weighted by molar-refractivity contribution is 0.0696. The molecule has 0 aromatic carbocycles. The minimum Gasteiger partial charge on any atom is -0.478 e. The van der Waals surface area contributed by atoms with Crippen molar-refractivity contribution in [2.45, 2.75) is 19.8 Å². The first kappa shape index (κ1) is 10.9. The molecule has 86 valence electrons. The molecule has 0 aliphatic carbocycles. The Bertz CT molecular complexity index is 375. The molecule has 1 saturated heterocycles. The molecule has 1 aliphatic heterocycles. The van der Waals surface area contributed by atoms with Crippen molar-refractivity contribution >= 4 is 11.8 Å². The summed E-state index contributed by atoms with van der Waals surface area (Å²) < 4.78 is 0. The number of anilines is 1. The van der Waals surface area contributed by atoms with Crippen LogP contribution in [0.3, 0.4) is 0 Å². The second-order valence-corrected chi connectivity index (χ2v) is 4.40. The van der Waals surface area contributed by atoms with Gasteiger partial charge in [0.1, 0.15) is 5.82 Å². The molecule has 0 saturated carbocycles. The number of pyridine rings is 1. The highest BCUT2D eigenvalue weighted by Crippen LogP contribution is 2.21. The molecule has 2 heterocycles. The molecule has 2 rings (SSSR count). The summed E-state index contributed by atoms with van der Waals surface area (Å²) in [6, 6.07) is 3.41. The van der Waals surface area contributed by atoms with Gasteiger partial charge in [-0.2, -0.15) is 0 Å². The summed E-state index contributed by atoms with van der Waals surface area (Å²) in [7, 11) is 0. The van der Waals surface area contributed by atoms with E-state index in [1.54, 1.807) is 12.1 Å². The Kier molecular flexibility index (Phi) is 3.08. The van der Waals surface area contributed by atoms with E-state index < -0.39 is 5.97 Å². The molecule has 1 aliphatic rings. The van der Waals surface area contributed by atoms with E-state index in [9.17, 15) is 4.79 Å². The van der Waals surface area contributed by atoms with E-state index in [1.807, 2.05) is 0 Å². The molecular formula is C12H16N2O2. The second kappa shape index (κ2) is 4.51. The third kappa shape index (κ3) is 2.32. The zero-order valence-electron chi connectivity index (χ0n) is 9.39. The first-order chi connectivity index (χ1) is 7.66. The van der Waals surface area contributed by atoms with E-state index in [1.165, 1.54) is 19.0 Å². The Morgan fingerprint density at radius 3 is 2.94 bits per heavy atom. The van der Waals surface area contributed by atoms with E-state index in [0.717, 1.165) is 18.9 Å². The van der Waals surface area contributed by atoms with Crippen molar-refractivity contribution in [3.05, 3.63) is 23.9 Å². The van der Waals surface area contributed by atoms with Crippen LogP contribution in [0.4, 0.5) is 5.82 Å². The van der Waals surface area contributed by atoms with E-state index >= 15 is 0 Å². The van der Waals surface area contributed by atoms with Gasteiger partial charge >= 0.3 is 5.97 Å². The van der Waals surface area contributed by atoms with Crippen molar-refractivity contribution < 1.29 is 9.90 Å². The van der Waals surface area contributed by atoms with Gasteiger partial charge in [-0.3, -0.25) is 0 Å². The number of carboxylic acids is 1. The first-order valence-electron chi connectivity index (χ1n) is 5.61. The van der Waals surface area contributed by atoms with Crippen molar-refractivity contribution in [1.29, 1.82) is 0 Å². The second-order valence-electron chi connectivity index (χ2n) is 4.40. The zero-order chi connectivity index (χ0) is 11.5. The van der Waals surface area contributed by atoms with Crippen LogP contribution in [0, 0.1) is 5.92 Å². The van der Waals surface area contributed by atoms with E-state index in [4.69, 9.17) is 5.11 Å². The number of hydrogen-bond donors (Lipinski definition) is 1. The quantitative estimate of drug-likeness (QED) is 0.828. The van der Waals surface area contributed by atoms with Crippen LogP contribution in [0.1, 0.15) is 30.1 Å². The number of carbonyl (C=O) groups is 1. The summed E-state index contributed by atoms with van der Waals surface area (Å²) >= 11 is 0. The van der Waals surface area contributed by atoms with Crippen LogP contribution in [-0.2, 0) is 0 Å². The highest BCUT2D eigenvalue weighted by molar-refractivity contribution is 5.87. The minimum atomic E-state index is -0.925. The zero-order valence-corrected chi connectivity index (χ0v) is 9.39. The molecule has 0 amide bonds. The molecule has 1 aromatic rings. The van der Waals surface area contributed by atoms with Gasteiger partial charge in [0.2, 0.25) is 0 Å². The molecule has 4 nitrogen and oxygen atoms in total. The highest BCUT2D eigenvalue weighted by atomic mass is 16.4. The Morgan fingerprint density at radius 1 is 1.56 bits per heavy atom. The van der Waals surface area contributed by atoms with E-state index in [-0.39, 0.29) is 5.56 Å². The maximum absolute atomic E-state index is 10.7. The van der Waals surface area contributed by atoms with Crippen molar-refractivity contribution in [3.8, 4) is 0 Å². The number of nitrogens with zero attached hydrogens (tertiary/aromatic N) is 2. The number of rotatable bonds is 2. The predicted molar refractivity (Wildman–Crippen MR) is 61.8 cm³/mol. The van der Waals surface area contributed by atoms with Crippen LogP contribution in [-0.4, -0.2) is 29.1 Å². The van der Waals surface area contributed by atoms with Crippen molar-refractivity contribution in [2.24, 2.45) is 5.92 Å². The van der Waals surface area contributed by atoms with E-state index in [0.29, 0.717) is 5.92 Å². The lowest BCUT2D eigenvalue weighted by Crippen LogP contribution is -2.34. The molecular weight excluding hydrogens is 204 g/mol. The molecule has 1 atom stereocenters. The topological polar surface area (TPSA) is 53.4 Å². The van der Waals surface area contributed by atoms with Gasteiger partial charge in [0.15, 0.2) is 0 Å². The summed E-state index contributed by atoms with van der Waals surface area (Å²) in [4.78, 5) is 17.1. The molecule has 4 heteroatoms. The van der Waals surface area contributed by atoms with Gasteiger partial charge in [-0.25, -0.2) is 9.78 Å². The number of piperidine rings is 1. The Hall–Kier alpha value is -1.58. The van der Waals surface area contributed by atoms with Crippen LogP contribution in [0.15, 0.2) is 18.3 Å². The Balaban J connectivity index is 2.11. The van der Waals surface area contributed by atoms with Crippen molar-refractivity contribution in [3.63, 3.8) is 0 Å². The fourth-order valence-electron chi connectivity index (χ4n) is 2.10. The van der Waals surface area contributed by atoms with Crippen LogP contribution >= 0.6 is 0 Å². The molecule has 16 heavy (non-hydrogen) atoms. The number of hydrogen-bond acceptors (Lipinski definition) is 3. The van der Waals surface area contributed by atoms with Crippen LogP contribution in [0.2, 0.25) is 0 Å². The maximum Gasteiger partial charge on any atom is 0.337 e. The Labute approximate surface area is 94.9 Å². The number of aromatic nitrogens is 1. The molecule has 0 spiro atoms. The van der Waals surface area contributed by atoms with Crippen molar-refractivity contribution in [1.82, 2.24) is 4.98 Å². The standard InChI is InChI=1S/C12H16N2O2/c1-9-3-2-6-14(8-9)11-5-4-10(7-13-11)12(15)16/h4-5,7,9H,2-3,6,8H2,1H3,(H,15,16)/t9-/m1/s1. The molecule has 1 N–H and O–H groups in total. The van der Waals surface area contributed by atoms with Gasteiger partial charge in [0, 0.05) is 19.3 Å². The van der Waals surface area contributed by atoms with Gasteiger partial charge in [0.05, 0.1) is 5.56 Å². The summed E-state index contributed by atoms with van der Waals surface area (Å²) in [5, 5.41) is 8.77. The molecule has 1 aromatic heterocycles. The summed E-state index contributed by atoms with van der Waals surface area (Å²) in [5.74, 6) is 0.650. The number of carboxylic acid groups (broad SMARTS) is 1. The van der Waals surface area contributed by atoms with Gasteiger partial charge in [0.25, 0.3) is 0 Å². The largest absolute Gasteiger partial charge is 0.478 e. The van der Waals surface area contributed by atoms with Crippen LogP contribution < -0.4 is 4.90 Å². The predicted octanol–water partition coefficient (Wildman–Crippen LogP) is 2.02. The lowest BCUT2D eigenvalue weighted by Gasteiger charge is -2.31. The first-order valence-corrected chi connectivity index (χ1v) is 5.61. The normalized spacial score (nSPS) is 20.8. The number of aromatic carboxylic acids is 1. The fraction of sp³-hybridized carbons (Fsp3) is 0.500. The maximum atomic E-state index is 10.7. The molecule has 1 fully saturated rings. The molecule has 0 unspecified atom stereocenters. The monoisotopic (exact) mass is 220 g/mol. The van der Waals surface area contributed by atoms with E-state index in [2.05, 4.69) is 16.8 Å². The smallest absolute Gasteiger partial charge is 0.337 e. The summed E-state index contributed by atoms with van der Waals surface area (Å²) in [6.45, 7) is 4.26. The van der Waals surface area contributed by atoms with Gasteiger partial charge in [-0.05, 0) is 30.9 Å². The average Bonchev–Trinajstić information content (AvgIpc) is 2.29. The molecule has 0 radical (unpaired) electrons. The SMILES string of the molecule is C[C@@H]1CCCN(c2ccc(C(=O)O)cn2)C1. The average molecular weight is 220 g/mol. The van der Waals surface area contributed by atoms with Crippen molar-refractivity contribution in [2.75, 3.05) is 18.0 Å². The fourth-order valence-corrected chi connectivity index (χ4v) is 2.10. The summed E-state index contributed by atoms with van der Waals surface area (Å²) in [6.07, 6.45) is 3.88. The Morgan fingerprint density at radius 2 is 2.38 bits per heavy atom. The van der Waals surface area contributed by atoms with Crippen LogP contribution in [0.5, 0.6) is 0 Å². The summed E-state index contributed by atoms with van der Waals surface area (Å²) in [5.41, 5.74) is 0.244. The lowest BCUT2D eigenvalue weighted by atomic mass is 10.0.